The maximum absolute atomic E-state index is 12.9. The Bertz CT molecular complexity index is 1100. The normalized spacial score (nSPS) is 12.9. The summed E-state index contributed by atoms with van der Waals surface area (Å²) in [5, 5.41) is 3.40. The molecule has 7 heteroatoms. The van der Waals surface area contributed by atoms with E-state index in [-0.39, 0.29) is 23.8 Å². The van der Waals surface area contributed by atoms with Crippen molar-refractivity contribution in [2.75, 3.05) is 0 Å². The fourth-order valence-electron chi connectivity index (χ4n) is 3.41. The number of aromatic nitrogens is 2. The lowest BCUT2D eigenvalue weighted by Gasteiger charge is -2.07. The minimum absolute atomic E-state index is 0.0303. The van der Waals surface area contributed by atoms with Crippen LogP contribution in [0.4, 0.5) is 0 Å². The Morgan fingerprint density at radius 3 is 2.74 bits per heavy atom. The SMILES string of the molecule is CC(=O)NCc1ccc(C(=O)Cn2cnc3sc4c(c3c2=O)CCC4)cc1. The molecule has 4 rings (SSSR count). The van der Waals surface area contributed by atoms with Crippen molar-refractivity contribution in [3.05, 3.63) is 62.5 Å². The second-order valence-corrected chi connectivity index (χ2v) is 7.83. The molecule has 6 nitrogen and oxygen atoms in total. The number of nitrogens with one attached hydrogen (secondary N) is 1. The van der Waals surface area contributed by atoms with Crippen molar-refractivity contribution in [2.24, 2.45) is 0 Å². The van der Waals surface area contributed by atoms with Crippen LogP contribution >= 0.6 is 11.3 Å². The maximum Gasteiger partial charge on any atom is 0.262 e. The molecule has 0 bridgehead atoms. The van der Waals surface area contributed by atoms with Gasteiger partial charge in [-0.1, -0.05) is 24.3 Å². The molecule has 0 unspecified atom stereocenters. The zero-order valence-corrected chi connectivity index (χ0v) is 15.8. The van der Waals surface area contributed by atoms with Gasteiger partial charge in [-0.25, -0.2) is 4.98 Å². The first-order chi connectivity index (χ1) is 13.0. The molecule has 2 heterocycles. The van der Waals surface area contributed by atoms with E-state index in [2.05, 4.69) is 10.3 Å². The van der Waals surface area contributed by atoms with Gasteiger partial charge < -0.3 is 5.32 Å². The van der Waals surface area contributed by atoms with Crippen LogP contribution in [0.3, 0.4) is 0 Å². The van der Waals surface area contributed by atoms with Crippen molar-refractivity contribution in [1.82, 2.24) is 14.9 Å². The second-order valence-electron chi connectivity index (χ2n) is 6.74. The maximum atomic E-state index is 12.9. The zero-order valence-electron chi connectivity index (χ0n) is 14.9. The molecule has 0 fully saturated rings. The van der Waals surface area contributed by atoms with Crippen LogP contribution in [0, 0.1) is 0 Å². The highest BCUT2D eigenvalue weighted by Gasteiger charge is 2.21. The fourth-order valence-corrected chi connectivity index (χ4v) is 4.63. The smallest absolute Gasteiger partial charge is 0.262 e. The van der Waals surface area contributed by atoms with Crippen molar-refractivity contribution in [3.8, 4) is 0 Å². The first-order valence-electron chi connectivity index (χ1n) is 8.89. The Morgan fingerprint density at radius 2 is 2.00 bits per heavy atom. The van der Waals surface area contributed by atoms with Crippen molar-refractivity contribution in [2.45, 2.75) is 39.3 Å². The second kappa shape index (κ2) is 7.08. The number of aryl methyl sites for hydroxylation is 2. The van der Waals surface area contributed by atoms with E-state index in [0.717, 1.165) is 35.2 Å². The summed E-state index contributed by atoms with van der Waals surface area (Å²) in [7, 11) is 0. The molecule has 0 atom stereocenters. The molecule has 3 aromatic rings. The molecule has 1 aliphatic rings. The monoisotopic (exact) mass is 381 g/mol. The zero-order chi connectivity index (χ0) is 19.0. The highest BCUT2D eigenvalue weighted by atomic mass is 32.1. The Kier molecular flexibility index (Phi) is 4.61. The average Bonchev–Trinajstić information content (AvgIpc) is 3.23. The van der Waals surface area contributed by atoms with Crippen LogP contribution in [0.2, 0.25) is 0 Å². The highest BCUT2D eigenvalue weighted by Crippen LogP contribution is 2.34. The van der Waals surface area contributed by atoms with E-state index in [0.29, 0.717) is 17.5 Å². The minimum Gasteiger partial charge on any atom is -0.352 e. The van der Waals surface area contributed by atoms with E-state index in [1.807, 2.05) is 0 Å². The minimum atomic E-state index is -0.142. The van der Waals surface area contributed by atoms with Gasteiger partial charge in [-0.15, -0.1) is 11.3 Å². The number of benzene rings is 1. The van der Waals surface area contributed by atoms with E-state index in [9.17, 15) is 14.4 Å². The van der Waals surface area contributed by atoms with Crippen molar-refractivity contribution in [3.63, 3.8) is 0 Å². The van der Waals surface area contributed by atoms with Crippen LogP contribution < -0.4 is 10.9 Å². The number of amides is 1. The largest absolute Gasteiger partial charge is 0.352 e. The Morgan fingerprint density at radius 1 is 1.22 bits per heavy atom. The molecular formula is C20H19N3O3S. The molecule has 0 spiro atoms. The average molecular weight is 381 g/mol. The van der Waals surface area contributed by atoms with E-state index in [4.69, 9.17) is 0 Å². The Labute approximate surface area is 159 Å². The van der Waals surface area contributed by atoms with E-state index < -0.39 is 0 Å². The first-order valence-corrected chi connectivity index (χ1v) is 9.71. The predicted octanol–water partition coefficient (Wildman–Crippen LogP) is 2.47. The number of carbonyl (C=O) groups excluding carboxylic acids is 2. The molecule has 27 heavy (non-hydrogen) atoms. The third-order valence-corrected chi connectivity index (χ3v) is 6.02. The summed E-state index contributed by atoms with van der Waals surface area (Å²) < 4.78 is 1.40. The van der Waals surface area contributed by atoms with Gasteiger partial charge in [0.25, 0.3) is 5.56 Å². The fraction of sp³-hybridized carbons (Fsp3) is 0.300. The summed E-state index contributed by atoms with van der Waals surface area (Å²) in [4.78, 5) is 42.9. The Balaban J connectivity index is 1.55. The van der Waals surface area contributed by atoms with Crippen LogP contribution in [-0.2, 0) is 30.7 Å². The summed E-state index contributed by atoms with van der Waals surface area (Å²) >= 11 is 1.59. The topological polar surface area (TPSA) is 81.1 Å². The molecule has 1 aliphatic carbocycles. The predicted molar refractivity (Wildman–Crippen MR) is 104 cm³/mol. The van der Waals surface area contributed by atoms with Crippen LogP contribution in [-0.4, -0.2) is 21.2 Å². The van der Waals surface area contributed by atoms with Gasteiger partial charge in [-0.05, 0) is 30.4 Å². The van der Waals surface area contributed by atoms with Crippen LogP contribution in [0.5, 0.6) is 0 Å². The van der Waals surface area contributed by atoms with Crippen molar-refractivity contribution in [1.29, 1.82) is 0 Å². The van der Waals surface area contributed by atoms with Gasteiger partial charge in [0.1, 0.15) is 4.83 Å². The van der Waals surface area contributed by atoms with E-state index in [1.54, 1.807) is 35.6 Å². The van der Waals surface area contributed by atoms with Crippen molar-refractivity contribution < 1.29 is 9.59 Å². The van der Waals surface area contributed by atoms with Gasteiger partial charge in [0.15, 0.2) is 5.78 Å². The number of carbonyl (C=O) groups is 2. The number of hydrogen-bond acceptors (Lipinski definition) is 5. The van der Waals surface area contributed by atoms with E-state index in [1.165, 1.54) is 22.7 Å². The number of ketones is 1. The van der Waals surface area contributed by atoms with Gasteiger partial charge in [0.05, 0.1) is 18.3 Å². The van der Waals surface area contributed by atoms with Gasteiger partial charge >= 0.3 is 0 Å². The van der Waals surface area contributed by atoms with Crippen molar-refractivity contribution >= 4 is 33.2 Å². The molecule has 2 aromatic heterocycles. The molecule has 0 saturated carbocycles. The third kappa shape index (κ3) is 3.42. The van der Waals surface area contributed by atoms with Gasteiger partial charge in [-0.2, -0.15) is 0 Å². The highest BCUT2D eigenvalue weighted by molar-refractivity contribution is 7.18. The number of nitrogens with zero attached hydrogens (tertiary/aromatic N) is 2. The lowest BCUT2D eigenvalue weighted by molar-refractivity contribution is -0.119. The quantitative estimate of drug-likeness (QED) is 0.689. The van der Waals surface area contributed by atoms with Gasteiger partial charge in [-0.3, -0.25) is 19.0 Å². The summed E-state index contributed by atoms with van der Waals surface area (Å²) in [6.45, 7) is 1.86. The lowest BCUT2D eigenvalue weighted by Crippen LogP contribution is -2.24. The number of fused-ring (bicyclic) bond motifs is 3. The van der Waals surface area contributed by atoms with Crippen LogP contribution in [0.1, 0.15) is 39.7 Å². The van der Waals surface area contributed by atoms with Crippen LogP contribution in [0.15, 0.2) is 35.4 Å². The number of thiophene rings is 1. The van der Waals surface area contributed by atoms with Crippen LogP contribution in [0.25, 0.3) is 10.2 Å². The molecular weight excluding hydrogens is 362 g/mol. The summed E-state index contributed by atoms with van der Waals surface area (Å²) in [6, 6.07) is 7.05. The molecule has 0 saturated heterocycles. The van der Waals surface area contributed by atoms with E-state index >= 15 is 0 Å². The number of rotatable bonds is 5. The third-order valence-electron chi connectivity index (χ3n) is 4.82. The number of Topliss-reactive ketones (excluding diaryl/α,β-unsaturated/α-hetero) is 1. The summed E-state index contributed by atoms with van der Waals surface area (Å²) in [6.07, 6.45) is 4.48. The number of hydrogen-bond donors (Lipinski definition) is 1. The molecule has 0 aliphatic heterocycles. The Hall–Kier alpha value is -2.80. The first kappa shape index (κ1) is 17.6. The molecule has 1 aromatic carbocycles. The molecule has 0 radical (unpaired) electrons. The molecule has 1 amide bonds. The summed E-state index contributed by atoms with van der Waals surface area (Å²) in [5.41, 5.74) is 2.44. The van der Waals surface area contributed by atoms with Gasteiger partial charge in [0.2, 0.25) is 5.91 Å². The summed E-state index contributed by atoms with van der Waals surface area (Å²) in [5.74, 6) is -0.242. The molecule has 1 N–H and O–H groups in total. The standard InChI is InChI=1S/C20H19N3O3S/c1-12(24)21-9-13-5-7-14(8-6-13)16(25)10-23-11-22-19-18(20(23)26)15-3-2-4-17(15)27-19/h5-8,11H,2-4,9-10H2,1H3,(H,21,24). The molecule has 138 valence electrons. The van der Waals surface area contributed by atoms with Gasteiger partial charge in [0, 0.05) is 23.9 Å². The lowest BCUT2D eigenvalue weighted by atomic mass is 10.1.